The molecule has 62 valence electrons. The Morgan fingerprint density at radius 2 is 1.92 bits per heavy atom. The third-order valence-electron chi connectivity index (χ3n) is 1.62. The van der Waals surface area contributed by atoms with Gasteiger partial charge in [-0.15, -0.1) is 10.3 Å². The van der Waals surface area contributed by atoms with Gasteiger partial charge in [-0.2, -0.15) is 0 Å². The molecule has 5 heteroatoms. The first-order valence-corrected chi connectivity index (χ1v) is 3.40. The van der Waals surface area contributed by atoms with E-state index < -0.39 is 0 Å². The molecule has 2 N–H and O–H groups in total. The van der Waals surface area contributed by atoms with E-state index >= 15 is 0 Å². The third kappa shape index (κ3) is 0.919. The van der Waals surface area contributed by atoms with Gasteiger partial charge in [-0.05, 0) is 11.3 Å². The number of anilines is 1. The third-order valence-corrected chi connectivity index (χ3v) is 1.62. The van der Waals surface area contributed by atoms with E-state index in [4.69, 9.17) is 5.21 Å². The van der Waals surface area contributed by atoms with Gasteiger partial charge in [-0.3, -0.25) is 10.4 Å². The largest absolute Gasteiger partial charge is 0.266 e. The summed E-state index contributed by atoms with van der Waals surface area (Å²) in [6, 6.07) is 7.04. The van der Waals surface area contributed by atoms with E-state index in [1.165, 1.54) is 6.21 Å². The summed E-state index contributed by atoms with van der Waals surface area (Å²) in [5.74, 6) is 0. The van der Waals surface area contributed by atoms with E-state index in [1.54, 1.807) is 18.2 Å². The fraction of sp³-hybridized carbons (Fsp3) is 0. The minimum Gasteiger partial charge on any atom is -0.266 e. The molecule has 0 radical (unpaired) electrons. The van der Waals surface area contributed by atoms with Crippen LogP contribution in [0.4, 0.5) is 5.69 Å². The van der Waals surface area contributed by atoms with Crippen LogP contribution in [0.15, 0.2) is 29.4 Å². The van der Waals surface area contributed by atoms with Gasteiger partial charge in [0.1, 0.15) is 5.69 Å². The monoisotopic (exact) mass is 165 g/mol. The Kier molecular flexibility index (Phi) is 1.46. The van der Waals surface area contributed by atoms with Gasteiger partial charge in [-0.1, -0.05) is 18.2 Å². The lowest BCUT2D eigenvalue weighted by Crippen LogP contribution is -2.36. The van der Waals surface area contributed by atoms with Crippen molar-refractivity contribution in [3.63, 3.8) is 0 Å². The first-order valence-electron chi connectivity index (χ1n) is 3.40. The summed E-state index contributed by atoms with van der Waals surface area (Å²) < 4.78 is 0. The van der Waals surface area contributed by atoms with Crippen LogP contribution in [0.1, 0.15) is 5.56 Å². The first-order chi connectivity index (χ1) is 5.79. The molecule has 0 aromatic heterocycles. The molecule has 0 unspecified atom stereocenters. The molecule has 0 amide bonds. The average molecular weight is 165 g/mol. The van der Waals surface area contributed by atoms with Crippen molar-refractivity contribution in [3.05, 3.63) is 29.8 Å². The summed E-state index contributed by atoms with van der Waals surface area (Å²) in [5.41, 5.74) is 1.25. The van der Waals surface area contributed by atoms with Gasteiger partial charge in [0.2, 0.25) is 0 Å². The topological polar surface area (TPSA) is 59.3 Å². The lowest BCUT2D eigenvalue weighted by atomic mass is 10.2. The van der Waals surface area contributed by atoms with Gasteiger partial charge < -0.3 is 0 Å². The average Bonchev–Trinajstić information content (AvgIpc) is 2.12. The van der Waals surface area contributed by atoms with E-state index in [0.29, 0.717) is 16.1 Å². The molecular formula is C7H7N3O2. The Hall–Kier alpha value is -1.59. The van der Waals surface area contributed by atoms with Crippen LogP contribution in [0, 0.1) is 0 Å². The van der Waals surface area contributed by atoms with Gasteiger partial charge >= 0.3 is 0 Å². The van der Waals surface area contributed by atoms with Crippen LogP contribution in [0.25, 0.3) is 0 Å². The molecule has 12 heavy (non-hydrogen) atoms. The second-order valence-electron chi connectivity index (χ2n) is 2.36. The molecule has 2 rings (SSSR count). The van der Waals surface area contributed by atoms with Gasteiger partial charge in [0.05, 0.1) is 6.21 Å². The molecule has 1 heterocycles. The van der Waals surface area contributed by atoms with E-state index in [-0.39, 0.29) is 0 Å². The zero-order chi connectivity index (χ0) is 8.55. The Morgan fingerprint density at radius 3 is 2.75 bits per heavy atom. The van der Waals surface area contributed by atoms with Crippen molar-refractivity contribution in [3.8, 4) is 0 Å². The number of rotatable bonds is 0. The molecule has 0 aliphatic carbocycles. The zero-order valence-corrected chi connectivity index (χ0v) is 6.12. The Bertz CT molecular complexity index is 326. The fourth-order valence-electron chi connectivity index (χ4n) is 1.04. The lowest BCUT2D eigenvalue weighted by molar-refractivity contribution is -0.163. The van der Waals surface area contributed by atoms with Crippen molar-refractivity contribution < 1.29 is 10.4 Å². The molecule has 5 nitrogen and oxygen atoms in total. The Morgan fingerprint density at radius 1 is 1.17 bits per heavy atom. The number of hydrogen-bond donors (Lipinski definition) is 2. The highest BCUT2D eigenvalue weighted by atomic mass is 16.7. The molecule has 1 aromatic carbocycles. The summed E-state index contributed by atoms with van der Waals surface area (Å²) in [7, 11) is 0. The van der Waals surface area contributed by atoms with Crippen molar-refractivity contribution in [1.29, 1.82) is 0 Å². The Balaban J connectivity index is 2.52. The SMILES string of the molecule is ON1N=Cc2ccccc2N1O. The van der Waals surface area contributed by atoms with Crippen molar-refractivity contribution >= 4 is 11.9 Å². The zero-order valence-electron chi connectivity index (χ0n) is 6.12. The molecule has 0 atom stereocenters. The molecule has 0 saturated carbocycles. The number of hydrogen-bond acceptors (Lipinski definition) is 5. The van der Waals surface area contributed by atoms with E-state index in [2.05, 4.69) is 5.10 Å². The van der Waals surface area contributed by atoms with E-state index in [0.717, 1.165) is 5.56 Å². The van der Waals surface area contributed by atoms with Crippen LogP contribution in [-0.4, -0.2) is 21.9 Å². The normalized spacial score (nSPS) is 14.8. The first kappa shape index (κ1) is 7.08. The number of benzene rings is 1. The van der Waals surface area contributed by atoms with E-state index in [9.17, 15) is 5.21 Å². The number of nitrogens with zero attached hydrogens (tertiary/aromatic N) is 3. The van der Waals surface area contributed by atoms with Crippen LogP contribution in [0.5, 0.6) is 0 Å². The number of hydrazone groups is 1. The number of hydrazine groups is 1. The molecule has 0 spiro atoms. The van der Waals surface area contributed by atoms with Gasteiger partial charge in [0, 0.05) is 5.56 Å². The smallest absolute Gasteiger partial charge is 0.101 e. The van der Waals surface area contributed by atoms with Crippen LogP contribution in [0.3, 0.4) is 0 Å². The maximum atomic E-state index is 9.23. The van der Waals surface area contributed by atoms with Gasteiger partial charge in [0.25, 0.3) is 0 Å². The standard InChI is InChI=1S/C7H7N3O2/c11-9-7-4-2-1-3-6(7)5-8-10(9)12/h1-5,11-12H. The molecule has 0 fully saturated rings. The molecule has 0 saturated heterocycles. The predicted molar refractivity (Wildman–Crippen MR) is 41.9 cm³/mol. The Labute approximate surface area is 68.6 Å². The summed E-state index contributed by atoms with van der Waals surface area (Å²) in [6.07, 6.45) is 1.46. The highest BCUT2D eigenvalue weighted by Crippen LogP contribution is 2.21. The second-order valence-corrected chi connectivity index (χ2v) is 2.36. The highest BCUT2D eigenvalue weighted by molar-refractivity contribution is 5.88. The highest BCUT2D eigenvalue weighted by Gasteiger charge is 2.16. The summed E-state index contributed by atoms with van der Waals surface area (Å²) in [6.45, 7) is 0. The predicted octanol–water partition coefficient (Wildman–Crippen LogP) is 0.836. The van der Waals surface area contributed by atoms with Crippen molar-refractivity contribution in [2.45, 2.75) is 0 Å². The lowest BCUT2D eigenvalue weighted by Gasteiger charge is -2.25. The maximum Gasteiger partial charge on any atom is 0.101 e. The molecular weight excluding hydrogens is 158 g/mol. The molecule has 1 aliphatic heterocycles. The summed E-state index contributed by atoms with van der Waals surface area (Å²) >= 11 is 0. The minimum atomic E-state index is 0.363. The summed E-state index contributed by atoms with van der Waals surface area (Å²) in [4.78, 5) is 0. The molecule has 1 aliphatic rings. The number of para-hydroxylation sites is 1. The second kappa shape index (κ2) is 2.47. The number of fused-ring (bicyclic) bond motifs is 1. The van der Waals surface area contributed by atoms with Crippen molar-refractivity contribution in [2.24, 2.45) is 5.10 Å². The van der Waals surface area contributed by atoms with Crippen LogP contribution >= 0.6 is 0 Å². The van der Waals surface area contributed by atoms with Crippen LogP contribution in [0.2, 0.25) is 0 Å². The van der Waals surface area contributed by atoms with E-state index in [1.807, 2.05) is 6.07 Å². The van der Waals surface area contributed by atoms with Gasteiger partial charge in [-0.25, -0.2) is 0 Å². The summed E-state index contributed by atoms with van der Waals surface area (Å²) in [5, 5.41) is 22.6. The fourth-order valence-corrected chi connectivity index (χ4v) is 1.04. The van der Waals surface area contributed by atoms with Gasteiger partial charge in [0.15, 0.2) is 0 Å². The van der Waals surface area contributed by atoms with Crippen LogP contribution in [-0.2, 0) is 0 Å². The van der Waals surface area contributed by atoms with Crippen molar-refractivity contribution in [2.75, 3.05) is 5.17 Å². The van der Waals surface area contributed by atoms with Crippen molar-refractivity contribution in [1.82, 2.24) is 5.28 Å². The maximum absolute atomic E-state index is 9.23. The quantitative estimate of drug-likeness (QED) is 0.598. The van der Waals surface area contributed by atoms with Crippen LogP contribution < -0.4 is 5.17 Å². The molecule has 1 aromatic rings. The molecule has 0 bridgehead atoms. The minimum absolute atomic E-state index is 0.363.